The molecule has 0 heterocycles. The number of halogens is 2. The summed E-state index contributed by atoms with van der Waals surface area (Å²) in [6, 6.07) is 12.3. The van der Waals surface area contributed by atoms with E-state index in [-0.39, 0.29) is 35.1 Å². The molecular weight excluding hydrogens is 291 g/mol. The van der Waals surface area contributed by atoms with E-state index >= 15 is 0 Å². The molecule has 0 atom stereocenters. The molecule has 0 bridgehead atoms. The summed E-state index contributed by atoms with van der Waals surface area (Å²) >= 11 is 0. The number of amides is 2. The Kier molecular flexibility index (Phi) is 6.48. The first-order chi connectivity index (χ1) is 9.59. The molecule has 104 valence electrons. The monoisotopic (exact) mass is 301 g/mol. The average Bonchev–Trinajstić information content (AvgIpc) is 2.49. The average molecular weight is 301 g/mol. The molecule has 21 heavy (non-hydrogen) atoms. The van der Waals surface area contributed by atoms with Crippen molar-refractivity contribution in [1.29, 1.82) is 0 Å². The van der Waals surface area contributed by atoms with Crippen LogP contribution in [-0.4, -0.2) is 46.7 Å². The van der Waals surface area contributed by atoms with Gasteiger partial charge >= 0.3 is 35.7 Å². The first kappa shape index (κ1) is 17.3. The molecule has 0 saturated heterocycles. The number of rotatable bonds is 2. The van der Waals surface area contributed by atoms with E-state index in [0.29, 0.717) is 0 Å². The first-order valence-electron chi connectivity index (χ1n) is 5.61. The van der Waals surface area contributed by atoms with Gasteiger partial charge in [-0.3, -0.25) is 4.79 Å². The van der Waals surface area contributed by atoms with Crippen molar-refractivity contribution in [2.75, 3.05) is 0 Å². The maximum atomic E-state index is 13.6. The third kappa shape index (κ3) is 4.35. The Bertz CT molecular complexity index is 637. The molecular formula is C14H10F2NNaO3. The molecule has 2 aromatic rings. The van der Waals surface area contributed by atoms with Gasteiger partial charge in [0.2, 0.25) is 0 Å². The van der Waals surface area contributed by atoms with Crippen molar-refractivity contribution in [3.63, 3.8) is 0 Å². The minimum absolute atomic E-state index is 0. The van der Waals surface area contributed by atoms with Gasteiger partial charge in [-0.15, -0.1) is 0 Å². The van der Waals surface area contributed by atoms with Gasteiger partial charge in [0.25, 0.3) is 5.91 Å². The second-order valence-corrected chi connectivity index (χ2v) is 3.75. The summed E-state index contributed by atoms with van der Waals surface area (Å²) in [6.45, 7) is 0. The molecule has 0 radical (unpaired) electrons. The van der Waals surface area contributed by atoms with Gasteiger partial charge in [-0.1, -0.05) is 39.9 Å². The quantitative estimate of drug-likeness (QED) is 0.633. The van der Waals surface area contributed by atoms with Gasteiger partial charge in [0.1, 0.15) is 0 Å². The number of benzene rings is 2. The first-order valence-corrected chi connectivity index (χ1v) is 5.61. The van der Waals surface area contributed by atoms with Crippen molar-refractivity contribution < 1.29 is 23.2 Å². The molecule has 0 saturated carbocycles. The van der Waals surface area contributed by atoms with Crippen LogP contribution in [0.2, 0.25) is 0 Å². The van der Waals surface area contributed by atoms with Crippen molar-refractivity contribution in [1.82, 2.24) is 5.12 Å². The zero-order valence-corrected chi connectivity index (χ0v) is 10.1. The molecule has 4 nitrogen and oxygen atoms in total. The van der Waals surface area contributed by atoms with Crippen molar-refractivity contribution in [2.45, 2.75) is 0 Å². The van der Waals surface area contributed by atoms with Gasteiger partial charge in [-0.2, -0.15) is 0 Å². The van der Waals surface area contributed by atoms with Crippen LogP contribution in [0.1, 0.15) is 10.4 Å². The summed E-state index contributed by atoms with van der Waals surface area (Å²) in [5, 5.41) is -0.707. The van der Waals surface area contributed by atoms with E-state index in [1.165, 1.54) is 36.4 Å². The Morgan fingerprint density at radius 3 is 2.14 bits per heavy atom. The standard InChI is InChI=1S/C14H9F2NO3.Na.H/c15-11-8-4-5-9-12(11)20-14(19)17(16)13(18)10-6-2-1-3-7-10;;/h1-9H;;. The number of nitrogens with zero attached hydrogens (tertiary/aromatic N) is 1. The predicted octanol–water partition coefficient (Wildman–Crippen LogP) is 2.70. The van der Waals surface area contributed by atoms with Gasteiger partial charge in [0, 0.05) is 5.56 Å². The molecule has 0 aliphatic heterocycles. The predicted molar refractivity (Wildman–Crippen MR) is 73.3 cm³/mol. The summed E-state index contributed by atoms with van der Waals surface area (Å²) in [4.78, 5) is 23.0. The minimum atomic E-state index is -1.61. The molecule has 0 aromatic heterocycles. The van der Waals surface area contributed by atoms with Crippen molar-refractivity contribution >= 4 is 41.6 Å². The number of carbonyl (C=O) groups excluding carboxylic acids is 2. The fraction of sp³-hybridized carbons (Fsp3) is 0. The molecule has 0 aliphatic carbocycles. The van der Waals surface area contributed by atoms with Crippen LogP contribution in [0.25, 0.3) is 0 Å². The number of para-hydroxylation sites is 1. The molecule has 0 N–H and O–H groups in total. The Balaban J connectivity index is 0.00000220. The Morgan fingerprint density at radius 2 is 1.52 bits per heavy atom. The van der Waals surface area contributed by atoms with Crippen LogP contribution in [0.5, 0.6) is 5.75 Å². The van der Waals surface area contributed by atoms with E-state index in [0.717, 1.165) is 12.1 Å². The Morgan fingerprint density at radius 1 is 0.952 bits per heavy atom. The van der Waals surface area contributed by atoms with Crippen LogP contribution in [0.15, 0.2) is 54.6 Å². The molecule has 2 rings (SSSR count). The number of imide groups is 1. The number of ether oxygens (including phenoxy) is 1. The number of hydrogen-bond donors (Lipinski definition) is 0. The maximum absolute atomic E-state index is 13.6. The molecule has 0 spiro atoms. The van der Waals surface area contributed by atoms with Crippen molar-refractivity contribution in [3.8, 4) is 5.75 Å². The van der Waals surface area contributed by atoms with Crippen LogP contribution in [-0.2, 0) is 0 Å². The molecule has 7 heteroatoms. The molecule has 0 fully saturated rings. The van der Waals surface area contributed by atoms with Crippen LogP contribution >= 0.6 is 0 Å². The Hall–Kier alpha value is -1.76. The van der Waals surface area contributed by atoms with E-state index in [1.54, 1.807) is 6.07 Å². The SMILES string of the molecule is O=C(Oc1ccccc1F)N(F)C(=O)c1ccccc1.[NaH]. The number of carbonyl (C=O) groups is 2. The molecule has 0 aliphatic rings. The van der Waals surface area contributed by atoms with E-state index < -0.39 is 28.7 Å². The van der Waals surface area contributed by atoms with Crippen molar-refractivity contribution in [2.24, 2.45) is 0 Å². The third-order valence-electron chi connectivity index (χ3n) is 2.39. The Labute approximate surface area is 141 Å². The van der Waals surface area contributed by atoms with E-state index in [2.05, 4.69) is 4.74 Å². The molecule has 2 aromatic carbocycles. The van der Waals surface area contributed by atoms with E-state index in [4.69, 9.17) is 0 Å². The van der Waals surface area contributed by atoms with Gasteiger partial charge in [-0.25, -0.2) is 9.18 Å². The fourth-order valence-electron chi connectivity index (χ4n) is 1.44. The van der Waals surface area contributed by atoms with Crippen LogP contribution in [0, 0.1) is 5.82 Å². The van der Waals surface area contributed by atoms with Gasteiger partial charge in [0.05, 0.1) is 0 Å². The van der Waals surface area contributed by atoms with Crippen LogP contribution in [0.4, 0.5) is 13.7 Å². The van der Waals surface area contributed by atoms with Gasteiger partial charge < -0.3 is 4.74 Å². The topological polar surface area (TPSA) is 46.6 Å². The zero-order chi connectivity index (χ0) is 14.5. The van der Waals surface area contributed by atoms with Crippen LogP contribution < -0.4 is 4.74 Å². The summed E-state index contributed by atoms with van der Waals surface area (Å²) in [6.07, 6.45) is -1.61. The van der Waals surface area contributed by atoms with Gasteiger partial charge in [0.15, 0.2) is 11.6 Å². The summed E-state index contributed by atoms with van der Waals surface area (Å²) in [5.41, 5.74) is -0.0273. The third-order valence-corrected chi connectivity index (χ3v) is 2.39. The molecule has 0 unspecified atom stereocenters. The second kappa shape index (κ2) is 7.87. The van der Waals surface area contributed by atoms with E-state index in [9.17, 15) is 18.5 Å². The van der Waals surface area contributed by atoms with Crippen LogP contribution in [0.3, 0.4) is 0 Å². The zero-order valence-electron chi connectivity index (χ0n) is 10.1. The van der Waals surface area contributed by atoms with Crippen molar-refractivity contribution in [3.05, 3.63) is 66.0 Å². The summed E-state index contributed by atoms with van der Waals surface area (Å²) in [5.74, 6) is -2.48. The summed E-state index contributed by atoms with van der Waals surface area (Å²) < 4.78 is 31.3. The van der Waals surface area contributed by atoms with Gasteiger partial charge in [-0.05, 0) is 24.3 Å². The normalized spacial score (nSPS) is 9.43. The number of hydrogen-bond acceptors (Lipinski definition) is 3. The summed E-state index contributed by atoms with van der Waals surface area (Å²) in [7, 11) is 0. The fourth-order valence-corrected chi connectivity index (χ4v) is 1.44. The molecule has 2 amide bonds. The second-order valence-electron chi connectivity index (χ2n) is 3.75. The van der Waals surface area contributed by atoms with E-state index in [1.807, 2.05) is 0 Å².